The highest BCUT2D eigenvalue weighted by atomic mass is 35.5. The first-order valence-corrected chi connectivity index (χ1v) is 9.59. The van der Waals surface area contributed by atoms with Gasteiger partial charge in [-0.1, -0.05) is 25.7 Å². The predicted molar refractivity (Wildman–Crippen MR) is 87.5 cm³/mol. The molecule has 2 rings (SSSR count). The second-order valence-corrected chi connectivity index (χ2v) is 7.90. The standard InChI is InChI=1S/C14H28N2O3S.ClH/c17-20(18,12-13-7-10-19-11-13)16-9-8-15-14-5-3-1-2-4-6-14;/h13-16H,1-12H2;1H. The first-order valence-electron chi connectivity index (χ1n) is 7.94. The minimum Gasteiger partial charge on any atom is -0.381 e. The van der Waals surface area contributed by atoms with Crippen LogP contribution in [-0.2, 0) is 14.8 Å². The van der Waals surface area contributed by atoms with E-state index in [0.717, 1.165) is 13.0 Å². The molecule has 2 aliphatic rings. The maximum Gasteiger partial charge on any atom is 0.211 e. The van der Waals surface area contributed by atoms with Gasteiger partial charge in [-0.3, -0.25) is 0 Å². The van der Waals surface area contributed by atoms with E-state index in [0.29, 0.717) is 25.8 Å². The summed E-state index contributed by atoms with van der Waals surface area (Å²) in [6.07, 6.45) is 8.60. The predicted octanol–water partition coefficient (Wildman–Crippen LogP) is 1.68. The van der Waals surface area contributed by atoms with Gasteiger partial charge < -0.3 is 10.1 Å². The van der Waals surface area contributed by atoms with Crippen molar-refractivity contribution in [3.63, 3.8) is 0 Å². The fourth-order valence-corrected chi connectivity index (χ4v) is 4.46. The molecule has 7 heteroatoms. The van der Waals surface area contributed by atoms with Crippen molar-refractivity contribution in [1.82, 2.24) is 10.0 Å². The van der Waals surface area contributed by atoms with Crippen molar-refractivity contribution in [3.05, 3.63) is 0 Å². The normalized spacial score (nSPS) is 24.5. The van der Waals surface area contributed by atoms with Crippen molar-refractivity contribution >= 4 is 22.4 Å². The fraction of sp³-hybridized carbons (Fsp3) is 1.00. The second kappa shape index (κ2) is 10.0. The summed E-state index contributed by atoms with van der Waals surface area (Å²) in [6, 6.07) is 0.574. The third kappa shape index (κ3) is 7.79. The van der Waals surface area contributed by atoms with E-state index in [-0.39, 0.29) is 24.1 Å². The van der Waals surface area contributed by atoms with E-state index in [4.69, 9.17) is 4.74 Å². The Morgan fingerprint density at radius 3 is 2.33 bits per heavy atom. The van der Waals surface area contributed by atoms with Gasteiger partial charge in [0.15, 0.2) is 0 Å². The number of sulfonamides is 1. The molecule has 1 unspecified atom stereocenters. The molecule has 0 spiro atoms. The summed E-state index contributed by atoms with van der Waals surface area (Å²) in [5.41, 5.74) is 0. The van der Waals surface area contributed by atoms with Gasteiger partial charge in [0, 0.05) is 25.7 Å². The van der Waals surface area contributed by atoms with Gasteiger partial charge in [0.2, 0.25) is 10.0 Å². The van der Waals surface area contributed by atoms with Crippen LogP contribution in [-0.4, -0.2) is 46.5 Å². The van der Waals surface area contributed by atoms with Crippen LogP contribution in [0.3, 0.4) is 0 Å². The summed E-state index contributed by atoms with van der Waals surface area (Å²) >= 11 is 0. The number of nitrogens with one attached hydrogen (secondary N) is 2. The van der Waals surface area contributed by atoms with Crippen molar-refractivity contribution in [2.24, 2.45) is 5.92 Å². The molecule has 0 amide bonds. The van der Waals surface area contributed by atoms with Crippen LogP contribution in [0.5, 0.6) is 0 Å². The molecule has 0 bridgehead atoms. The van der Waals surface area contributed by atoms with Crippen molar-refractivity contribution in [2.75, 3.05) is 32.1 Å². The molecule has 0 aromatic carbocycles. The topological polar surface area (TPSA) is 67.4 Å². The first kappa shape index (κ1) is 19.2. The van der Waals surface area contributed by atoms with E-state index in [1.807, 2.05) is 0 Å². The van der Waals surface area contributed by atoms with Crippen molar-refractivity contribution in [2.45, 2.75) is 51.0 Å². The summed E-state index contributed by atoms with van der Waals surface area (Å²) in [7, 11) is -3.15. The number of halogens is 1. The summed E-state index contributed by atoms with van der Waals surface area (Å²) in [5, 5.41) is 3.48. The smallest absolute Gasteiger partial charge is 0.211 e. The highest BCUT2D eigenvalue weighted by molar-refractivity contribution is 7.89. The number of hydrogen-bond donors (Lipinski definition) is 2. The first-order chi connectivity index (χ1) is 9.66. The van der Waals surface area contributed by atoms with Crippen molar-refractivity contribution in [1.29, 1.82) is 0 Å². The lowest BCUT2D eigenvalue weighted by Gasteiger charge is -2.16. The molecule has 1 atom stereocenters. The molecule has 1 aliphatic carbocycles. The Bertz CT molecular complexity index is 364. The Balaban J connectivity index is 0.00000220. The molecule has 2 fully saturated rings. The zero-order valence-electron chi connectivity index (χ0n) is 12.7. The number of rotatable bonds is 7. The van der Waals surface area contributed by atoms with E-state index in [2.05, 4.69) is 10.0 Å². The quantitative estimate of drug-likeness (QED) is 0.546. The van der Waals surface area contributed by atoms with Crippen molar-refractivity contribution < 1.29 is 13.2 Å². The summed E-state index contributed by atoms with van der Waals surface area (Å²) in [4.78, 5) is 0. The maximum absolute atomic E-state index is 11.9. The Hall–Kier alpha value is 0.120. The molecule has 1 saturated heterocycles. The van der Waals surface area contributed by atoms with E-state index in [9.17, 15) is 8.42 Å². The average molecular weight is 341 g/mol. The zero-order valence-corrected chi connectivity index (χ0v) is 14.3. The number of ether oxygens (including phenoxy) is 1. The zero-order chi connectivity index (χ0) is 14.3. The van der Waals surface area contributed by atoms with E-state index in [1.54, 1.807) is 0 Å². The number of hydrogen-bond acceptors (Lipinski definition) is 4. The molecule has 5 nitrogen and oxygen atoms in total. The van der Waals surface area contributed by atoms with Gasteiger partial charge in [-0.2, -0.15) is 0 Å². The SMILES string of the molecule is Cl.O=S(=O)(CC1CCOC1)NCCNC1CCCCCC1. The molecular weight excluding hydrogens is 312 g/mol. The van der Waals surface area contributed by atoms with Crippen LogP contribution in [0.1, 0.15) is 44.9 Å². The van der Waals surface area contributed by atoms with Gasteiger partial charge in [-0.15, -0.1) is 12.4 Å². The largest absolute Gasteiger partial charge is 0.381 e. The van der Waals surface area contributed by atoms with Crippen LogP contribution in [0.25, 0.3) is 0 Å². The molecule has 21 heavy (non-hydrogen) atoms. The lowest BCUT2D eigenvalue weighted by atomic mass is 10.1. The third-order valence-electron chi connectivity index (χ3n) is 4.21. The lowest BCUT2D eigenvalue weighted by molar-refractivity contribution is 0.188. The van der Waals surface area contributed by atoms with Gasteiger partial charge in [-0.05, 0) is 25.2 Å². The second-order valence-electron chi connectivity index (χ2n) is 6.05. The Kier molecular flexibility index (Phi) is 9.13. The van der Waals surface area contributed by atoms with Crippen molar-refractivity contribution in [3.8, 4) is 0 Å². The molecule has 126 valence electrons. The average Bonchev–Trinajstić information content (AvgIpc) is 2.76. The molecule has 1 aliphatic heterocycles. The Morgan fingerprint density at radius 1 is 1.00 bits per heavy atom. The molecule has 0 aromatic heterocycles. The van der Waals surface area contributed by atoms with Gasteiger partial charge in [0.05, 0.1) is 12.4 Å². The minimum atomic E-state index is -3.15. The molecule has 1 saturated carbocycles. The van der Waals surface area contributed by atoms with Crippen LogP contribution in [0, 0.1) is 5.92 Å². The molecule has 0 aromatic rings. The minimum absolute atomic E-state index is 0. The Labute approximate surface area is 135 Å². The Morgan fingerprint density at radius 2 is 1.71 bits per heavy atom. The molecule has 0 radical (unpaired) electrons. The van der Waals surface area contributed by atoms with Gasteiger partial charge in [-0.25, -0.2) is 13.1 Å². The van der Waals surface area contributed by atoms with E-state index < -0.39 is 10.0 Å². The highest BCUT2D eigenvalue weighted by Gasteiger charge is 2.22. The van der Waals surface area contributed by atoms with Gasteiger partial charge in [0.25, 0.3) is 0 Å². The van der Waals surface area contributed by atoms with E-state index in [1.165, 1.54) is 38.5 Å². The van der Waals surface area contributed by atoms with Crippen LogP contribution < -0.4 is 10.0 Å². The molecule has 1 heterocycles. The lowest BCUT2D eigenvalue weighted by Crippen LogP contribution is -2.38. The third-order valence-corrected chi connectivity index (χ3v) is 5.77. The highest BCUT2D eigenvalue weighted by Crippen LogP contribution is 2.17. The summed E-state index contributed by atoms with van der Waals surface area (Å²) in [5.74, 6) is 0.374. The van der Waals surface area contributed by atoms with Gasteiger partial charge >= 0.3 is 0 Å². The maximum atomic E-state index is 11.9. The molecular formula is C14H29ClN2O3S. The monoisotopic (exact) mass is 340 g/mol. The van der Waals surface area contributed by atoms with Gasteiger partial charge in [0.1, 0.15) is 0 Å². The van der Waals surface area contributed by atoms with E-state index >= 15 is 0 Å². The summed E-state index contributed by atoms with van der Waals surface area (Å²) < 4.78 is 31.7. The van der Waals surface area contributed by atoms with Crippen LogP contribution >= 0.6 is 12.4 Å². The van der Waals surface area contributed by atoms with Crippen LogP contribution in [0.2, 0.25) is 0 Å². The van der Waals surface area contributed by atoms with Crippen LogP contribution in [0.15, 0.2) is 0 Å². The fourth-order valence-electron chi connectivity index (χ4n) is 3.05. The molecule has 2 N–H and O–H groups in total. The summed E-state index contributed by atoms with van der Waals surface area (Å²) in [6.45, 7) is 2.50. The van der Waals surface area contributed by atoms with Crippen LogP contribution in [0.4, 0.5) is 0 Å².